The maximum Gasteiger partial charge on any atom is 0.318 e. The van der Waals surface area contributed by atoms with E-state index in [1.54, 1.807) is 49.5 Å². The summed E-state index contributed by atoms with van der Waals surface area (Å²) < 4.78 is 8.24. The molecule has 0 bridgehead atoms. The molecule has 0 aliphatic carbocycles. The predicted octanol–water partition coefficient (Wildman–Crippen LogP) is 2.96. The van der Waals surface area contributed by atoms with Gasteiger partial charge in [-0.05, 0) is 61.4 Å². The van der Waals surface area contributed by atoms with Crippen LogP contribution in [0.25, 0.3) is 11.2 Å². The predicted molar refractivity (Wildman–Crippen MR) is 130 cm³/mol. The van der Waals surface area contributed by atoms with Crippen molar-refractivity contribution in [3.05, 3.63) is 104 Å². The minimum atomic E-state index is -0.598. The van der Waals surface area contributed by atoms with Crippen molar-refractivity contribution in [3.8, 4) is 5.75 Å². The number of hydrogen-bond acceptors (Lipinski definition) is 5. The minimum absolute atomic E-state index is 0.196. The van der Waals surface area contributed by atoms with Crippen molar-refractivity contribution >= 4 is 17.1 Å². The summed E-state index contributed by atoms with van der Waals surface area (Å²) in [7, 11) is 0. The second kappa shape index (κ2) is 10.2. The van der Waals surface area contributed by atoms with Crippen LogP contribution in [0.1, 0.15) is 35.3 Å². The van der Waals surface area contributed by atoms with Crippen LogP contribution in [0.5, 0.6) is 5.75 Å². The largest absolute Gasteiger partial charge is 0.494 e. The molecular weight excluding hydrogens is 432 g/mol. The first-order valence-corrected chi connectivity index (χ1v) is 11.2. The molecule has 2 aromatic heterocycles. The molecule has 0 saturated heterocycles. The third-order valence-corrected chi connectivity index (χ3v) is 5.55. The molecule has 8 nitrogen and oxygen atoms in total. The number of fused-ring (bicyclic) bond motifs is 1. The summed E-state index contributed by atoms with van der Waals surface area (Å²) in [4.78, 5) is 42.1. The van der Waals surface area contributed by atoms with Crippen LogP contribution in [0.15, 0.2) is 76.4 Å². The maximum absolute atomic E-state index is 12.7. The molecule has 2 heterocycles. The van der Waals surface area contributed by atoms with Crippen LogP contribution >= 0.6 is 0 Å². The van der Waals surface area contributed by atoms with Crippen LogP contribution in [0, 0.1) is 0 Å². The standard InChI is InChI=1S/C26H26N4O4/c1-3-29-23-22(6-5-15-27-23)30(26(33)25(29)32)17-19-7-11-20(12-8-19)24(31)28-16-18-9-13-21(14-10-18)34-4-2/h5-15H,3-4,16-17H2,1-2H3,(H,28,31). The first kappa shape index (κ1) is 23.0. The van der Waals surface area contributed by atoms with E-state index < -0.39 is 11.1 Å². The fourth-order valence-electron chi connectivity index (χ4n) is 3.79. The molecule has 4 aromatic rings. The summed E-state index contributed by atoms with van der Waals surface area (Å²) in [5.74, 6) is 0.598. The molecule has 4 rings (SSSR count). The van der Waals surface area contributed by atoms with Gasteiger partial charge < -0.3 is 10.1 Å². The summed E-state index contributed by atoms with van der Waals surface area (Å²) in [5.41, 5.74) is 2.14. The van der Waals surface area contributed by atoms with Crippen molar-refractivity contribution in [1.82, 2.24) is 19.4 Å². The van der Waals surface area contributed by atoms with Crippen LogP contribution in [-0.4, -0.2) is 26.6 Å². The van der Waals surface area contributed by atoms with E-state index in [0.29, 0.717) is 36.4 Å². The normalized spacial score (nSPS) is 10.9. The van der Waals surface area contributed by atoms with Crippen molar-refractivity contribution in [1.29, 1.82) is 0 Å². The summed E-state index contributed by atoms with van der Waals surface area (Å²) in [6.07, 6.45) is 1.60. The van der Waals surface area contributed by atoms with Gasteiger partial charge >= 0.3 is 11.1 Å². The number of benzene rings is 2. The number of carbonyl (C=O) groups excluding carboxylic acids is 1. The lowest BCUT2D eigenvalue weighted by molar-refractivity contribution is 0.0951. The first-order valence-electron chi connectivity index (χ1n) is 11.2. The van der Waals surface area contributed by atoms with Gasteiger partial charge in [-0.1, -0.05) is 24.3 Å². The molecule has 0 saturated carbocycles. The van der Waals surface area contributed by atoms with E-state index in [0.717, 1.165) is 16.9 Å². The Hall–Kier alpha value is -4.20. The number of ether oxygens (including phenoxy) is 1. The van der Waals surface area contributed by atoms with Crippen molar-refractivity contribution < 1.29 is 9.53 Å². The molecule has 174 valence electrons. The highest BCUT2D eigenvalue weighted by molar-refractivity contribution is 5.94. The number of nitrogens with zero attached hydrogens (tertiary/aromatic N) is 3. The molecule has 1 N–H and O–H groups in total. The number of carbonyl (C=O) groups is 1. The number of nitrogens with one attached hydrogen (secondary N) is 1. The van der Waals surface area contributed by atoms with Crippen molar-refractivity contribution in [3.63, 3.8) is 0 Å². The van der Waals surface area contributed by atoms with Gasteiger partial charge in [-0.2, -0.15) is 0 Å². The molecule has 0 fully saturated rings. The van der Waals surface area contributed by atoms with E-state index in [2.05, 4.69) is 10.3 Å². The first-order chi connectivity index (χ1) is 16.5. The Morgan fingerprint density at radius 3 is 2.26 bits per heavy atom. The van der Waals surface area contributed by atoms with Crippen molar-refractivity contribution in [2.45, 2.75) is 33.5 Å². The van der Waals surface area contributed by atoms with Crippen LogP contribution in [0.4, 0.5) is 0 Å². The summed E-state index contributed by atoms with van der Waals surface area (Å²) in [6.45, 7) is 5.31. The molecule has 34 heavy (non-hydrogen) atoms. The third-order valence-electron chi connectivity index (χ3n) is 5.55. The Kier molecular flexibility index (Phi) is 6.87. The highest BCUT2D eigenvalue weighted by Gasteiger charge is 2.13. The van der Waals surface area contributed by atoms with Gasteiger partial charge in [0.15, 0.2) is 5.65 Å². The van der Waals surface area contributed by atoms with Gasteiger partial charge in [-0.3, -0.25) is 23.5 Å². The molecule has 0 radical (unpaired) electrons. The van der Waals surface area contributed by atoms with Crippen LogP contribution in [0.3, 0.4) is 0 Å². The number of pyridine rings is 1. The molecule has 0 spiro atoms. The zero-order valence-corrected chi connectivity index (χ0v) is 19.2. The molecule has 2 aromatic carbocycles. The van der Waals surface area contributed by atoms with E-state index in [1.807, 2.05) is 31.2 Å². The number of hydrogen-bond donors (Lipinski definition) is 1. The Labute approximate surface area is 196 Å². The van der Waals surface area contributed by atoms with Gasteiger partial charge in [-0.15, -0.1) is 0 Å². The number of aromatic nitrogens is 3. The van der Waals surface area contributed by atoms with Crippen LogP contribution < -0.4 is 21.2 Å². The fourth-order valence-corrected chi connectivity index (χ4v) is 3.79. The average molecular weight is 459 g/mol. The highest BCUT2D eigenvalue weighted by atomic mass is 16.5. The maximum atomic E-state index is 12.7. The van der Waals surface area contributed by atoms with E-state index in [-0.39, 0.29) is 12.5 Å². The second-order valence-electron chi connectivity index (χ2n) is 7.74. The third kappa shape index (κ3) is 4.76. The highest BCUT2D eigenvalue weighted by Crippen LogP contribution is 2.13. The molecule has 1 amide bonds. The Balaban J connectivity index is 1.49. The number of rotatable bonds is 8. The van der Waals surface area contributed by atoms with Gasteiger partial charge in [0.25, 0.3) is 5.91 Å². The Morgan fingerprint density at radius 1 is 0.912 bits per heavy atom. The van der Waals surface area contributed by atoms with E-state index in [9.17, 15) is 14.4 Å². The van der Waals surface area contributed by atoms with Crippen LogP contribution in [-0.2, 0) is 19.6 Å². The Bertz CT molecular complexity index is 1420. The number of aryl methyl sites for hydroxylation is 1. The van der Waals surface area contributed by atoms with Crippen molar-refractivity contribution in [2.24, 2.45) is 0 Å². The lowest BCUT2D eigenvalue weighted by Gasteiger charge is -2.13. The molecule has 0 atom stereocenters. The smallest absolute Gasteiger partial charge is 0.318 e. The van der Waals surface area contributed by atoms with Crippen LogP contribution in [0.2, 0.25) is 0 Å². The van der Waals surface area contributed by atoms with Crippen molar-refractivity contribution in [2.75, 3.05) is 6.61 Å². The SMILES string of the molecule is CCOc1ccc(CNC(=O)c2ccc(Cn3c(=O)c(=O)n(CC)c4ncccc43)cc2)cc1. The van der Waals surface area contributed by atoms with E-state index in [1.165, 1.54) is 9.13 Å². The monoisotopic (exact) mass is 458 g/mol. The fraction of sp³-hybridized carbons (Fsp3) is 0.231. The van der Waals surface area contributed by atoms with Gasteiger partial charge in [0.05, 0.1) is 18.7 Å². The number of amides is 1. The molecule has 0 aliphatic heterocycles. The summed E-state index contributed by atoms with van der Waals surface area (Å²) in [5, 5.41) is 2.90. The summed E-state index contributed by atoms with van der Waals surface area (Å²) in [6, 6.07) is 18.1. The Morgan fingerprint density at radius 2 is 1.59 bits per heavy atom. The molecular formula is C26H26N4O4. The van der Waals surface area contributed by atoms with E-state index in [4.69, 9.17) is 4.74 Å². The van der Waals surface area contributed by atoms with Gasteiger partial charge in [0.1, 0.15) is 5.75 Å². The summed E-state index contributed by atoms with van der Waals surface area (Å²) >= 11 is 0. The zero-order chi connectivity index (χ0) is 24.1. The second-order valence-corrected chi connectivity index (χ2v) is 7.74. The van der Waals surface area contributed by atoms with Gasteiger partial charge in [0.2, 0.25) is 0 Å². The minimum Gasteiger partial charge on any atom is -0.494 e. The molecule has 0 unspecified atom stereocenters. The topological polar surface area (TPSA) is 95.2 Å². The average Bonchev–Trinajstić information content (AvgIpc) is 2.87. The zero-order valence-electron chi connectivity index (χ0n) is 19.2. The quantitative estimate of drug-likeness (QED) is 0.410. The lowest BCUT2D eigenvalue weighted by Crippen LogP contribution is -2.41. The van der Waals surface area contributed by atoms with Gasteiger partial charge in [-0.25, -0.2) is 4.98 Å². The molecule has 8 heteroatoms. The van der Waals surface area contributed by atoms with E-state index >= 15 is 0 Å². The van der Waals surface area contributed by atoms with Gasteiger partial charge in [0, 0.05) is 24.8 Å². The lowest BCUT2D eigenvalue weighted by atomic mass is 10.1. The molecule has 0 aliphatic rings.